The average Bonchev–Trinajstić information content (AvgIpc) is 3.27. The summed E-state index contributed by atoms with van der Waals surface area (Å²) in [5.41, 5.74) is 3.74. The van der Waals surface area contributed by atoms with Crippen molar-refractivity contribution >= 4 is 23.0 Å². The van der Waals surface area contributed by atoms with Crippen molar-refractivity contribution in [1.82, 2.24) is 19.9 Å². The van der Waals surface area contributed by atoms with Gasteiger partial charge in [0.15, 0.2) is 11.5 Å². The van der Waals surface area contributed by atoms with Gasteiger partial charge in [-0.3, -0.25) is 9.78 Å². The lowest BCUT2D eigenvalue weighted by atomic mass is 10.2. The van der Waals surface area contributed by atoms with E-state index in [-0.39, 0.29) is 5.91 Å². The summed E-state index contributed by atoms with van der Waals surface area (Å²) in [4.78, 5) is 21.1. The molecule has 0 fully saturated rings. The number of hydrogen-bond acceptors (Lipinski definition) is 5. The maximum atomic E-state index is 12.3. The van der Waals surface area contributed by atoms with E-state index in [9.17, 15) is 4.79 Å². The Morgan fingerprint density at radius 3 is 2.78 bits per heavy atom. The molecule has 4 rings (SSSR count). The first-order valence-corrected chi connectivity index (χ1v) is 12.3. The van der Waals surface area contributed by atoms with Crippen molar-refractivity contribution in [2.75, 3.05) is 20.3 Å². The molecule has 186 valence electrons. The molecule has 2 aromatic carbocycles. The number of aromatic nitrogens is 3. The van der Waals surface area contributed by atoms with Gasteiger partial charge in [-0.15, -0.1) is 0 Å². The average molecular weight is 485 g/mol. The van der Waals surface area contributed by atoms with Crippen molar-refractivity contribution in [2.45, 2.75) is 32.7 Å². The number of aryl methyl sites for hydroxylation is 2. The Kier molecular flexibility index (Phi) is 8.70. The largest absolute Gasteiger partial charge is 0.493 e. The SMILES string of the molecule is C/C=C/c1ccc(OCCCn2c(CCCNC(=O)c3cccnc3)nc3ccccc32)c(OC)c1. The van der Waals surface area contributed by atoms with Gasteiger partial charge < -0.3 is 19.4 Å². The summed E-state index contributed by atoms with van der Waals surface area (Å²) in [5.74, 6) is 2.38. The van der Waals surface area contributed by atoms with Crippen LogP contribution >= 0.6 is 0 Å². The molecule has 7 heteroatoms. The number of methoxy groups -OCH3 is 1. The highest BCUT2D eigenvalue weighted by Crippen LogP contribution is 2.29. The van der Waals surface area contributed by atoms with E-state index in [1.165, 1.54) is 0 Å². The van der Waals surface area contributed by atoms with Gasteiger partial charge in [-0.2, -0.15) is 0 Å². The lowest BCUT2D eigenvalue weighted by Gasteiger charge is -2.13. The fourth-order valence-corrected chi connectivity index (χ4v) is 4.12. The van der Waals surface area contributed by atoms with Crippen LogP contribution in [0.4, 0.5) is 0 Å². The number of ether oxygens (including phenoxy) is 2. The summed E-state index contributed by atoms with van der Waals surface area (Å²) in [6.45, 7) is 3.91. The van der Waals surface area contributed by atoms with Crippen molar-refractivity contribution in [3.8, 4) is 11.5 Å². The Hall–Kier alpha value is -4.13. The summed E-state index contributed by atoms with van der Waals surface area (Å²) in [6.07, 6.45) is 9.64. The van der Waals surface area contributed by atoms with E-state index in [0.717, 1.165) is 59.7 Å². The number of benzene rings is 2. The number of nitrogens with one attached hydrogen (secondary N) is 1. The minimum absolute atomic E-state index is 0.108. The van der Waals surface area contributed by atoms with Gasteiger partial charge in [0.1, 0.15) is 5.82 Å². The van der Waals surface area contributed by atoms with Gasteiger partial charge in [-0.05, 0) is 61.7 Å². The zero-order chi connectivity index (χ0) is 25.2. The first kappa shape index (κ1) is 25.0. The Morgan fingerprint density at radius 1 is 1.08 bits per heavy atom. The van der Waals surface area contributed by atoms with E-state index in [0.29, 0.717) is 18.7 Å². The van der Waals surface area contributed by atoms with E-state index >= 15 is 0 Å². The molecule has 0 saturated heterocycles. The van der Waals surface area contributed by atoms with E-state index < -0.39 is 0 Å². The summed E-state index contributed by atoms with van der Waals surface area (Å²) in [7, 11) is 1.66. The molecule has 0 aliphatic heterocycles. The number of carbonyl (C=O) groups excluding carboxylic acids is 1. The molecule has 0 aliphatic rings. The molecule has 0 unspecified atom stereocenters. The quantitative estimate of drug-likeness (QED) is 0.276. The first-order valence-electron chi connectivity index (χ1n) is 12.3. The Morgan fingerprint density at radius 2 is 1.97 bits per heavy atom. The Labute approximate surface area is 211 Å². The third-order valence-electron chi connectivity index (χ3n) is 5.85. The van der Waals surface area contributed by atoms with Gasteiger partial charge in [-0.1, -0.05) is 30.4 Å². The summed E-state index contributed by atoms with van der Waals surface area (Å²) in [5, 5.41) is 2.96. The minimum Gasteiger partial charge on any atom is -0.493 e. The number of imidazole rings is 1. The number of allylic oxidation sites excluding steroid dienone is 1. The van der Waals surface area contributed by atoms with Gasteiger partial charge in [0.05, 0.1) is 30.3 Å². The minimum atomic E-state index is -0.108. The third kappa shape index (κ3) is 6.30. The molecule has 0 spiro atoms. The van der Waals surface area contributed by atoms with Crippen LogP contribution in [0.1, 0.15) is 41.5 Å². The van der Waals surface area contributed by atoms with Crippen molar-refractivity contribution in [1.29, 1.82) is 0 Å². The number of para-hydroxylation sites is 2. The van der Waals surface area contributed by atoms with Crippen molar-refractivity contribution in [2.24, 2.45) is 0 Å². The topological polar surface area (TPSA) is 78.3 Å². The number of fused-ring (bicyclic) bond motifs is 1. The van der Waals surface area contributed by atoms with E-state index in [4.69, 9.17) is 14.5 Å². The predicted octanol–water partition coefficient (Wildman–Crippen LogP) is 5.30. The fourth-order valence-electron chi connectivity index (χ4n) is 4.12. The number of hydrogen-bond donors (Lipinski definition) is 1. The smallest absolute Gasteiger partial charge is 0.252 e. The van der Waals surface area contributed by atoms with Crippen LogP contribution in [-0.4, -0.2) is 40.7 Å². The van der Waals surface area contributed by atoms with Crippen LogP contribution in [0.3, 0.4) is 0 Å². The fraction of sp³-hybridized carbons (Fsp3) is 0.276. The molecule has 7 nitrogen and oxygen atoms in total. The molecule has 0 bridgehead atoms. The molecule has 0 atom stereocenters. The van der Waals surface area contributed by atoms with Crippen LogP contribution < -0.4 is 14.8 Å². The number of rotatable bonds is 12. The number of amides is 1. The molecule has 2 aromatic heterocycles. The number of carbonyl (C=O) groups is 1. The summed E-state index contributed by atoms with van der Waals surface area (Å²) in [6, 6.07) is 17.6. The van der Waals surface area contributed by atoms with Crippen LogP contribution in [0, 0.1) is 0 Å². The maximum absolute atomic E-state index is 12.3. The maximum Gasteiger partial charge on any atom is 0.252 e. The molecular weight excluding hydrogens is 452 g/mol. The molecule has 0 aliphatic carbocycles. The monoisotopic (exact) mass is 484 g/mol. The molecule has 0 radical (unpaired) electrons. The van der Waals surface area contributed by atoms with E-state index in [2.05, 4.69) is 20.9 Å². The highest BCUT2D eigenvalue weighted by Gasteiger charge is 2.12. The second kappa shape index (κ2) is 12.5. The highest BCUT2D eigenvalue weighted by atomic mass is 16.5. The third-order valence-corrected chi connectivity index (χ3v) is 5.85. The van der Waals surface area contributed by atoms with Gasteiger partial charge in [0.25, 0.3) is 5.91 Å². The Balaban J connectivity index is 1.34. The van der Waals surface area contributed by atoms with Gasteiger partial charge >= 0.3 is 0 Å². The second-order valence-corrected chi connectivity index (χ2v) is 8.38. The second-order valence-electron chi connectivity index (χ2n) is 8.38. The molecule has 2 heterocycles. The number of nitrogens with zero attached hydrogens (tertiary/aromatic N) is 3. The van der Waals surface area contributed by atoms with Crippen LogP contribution in [-0.2, 0) is 13.0 Å². The van der Waals surface area contributed by atoms with Crippen LogP contribution in [0.15, 0.2) is 73.1 Å². The molecule has 1 N–H and O–H groups in total. The molecule has 0 saturated carbocycles. The normalized spacial score (nSPS) is 11.2. The van der Waals surface area contributed by atoms with Crippen molar-refractivity contribution in [3.63, 3.8) is 0 Å². The molecule has 1 amide bonds. The standard InChI is InChI=1S/C29H32N4O3/c1-3-9-22-14-15-26(27(20-22)35-2)36-19-8-18-33-25-12-5-4-11-24(25)32-28(33)13-7-17-31-29(34)23-10-6-16-30-21-23/h3-6,9-12,14-16,20-21H,7-8,13,17-19H2,1-2H3,(H,31,34)/b9-3+. The van der Waals surface area contributed by atoms with Crippen molar-refractivity contribution < 1.29 is 14.3 Å². The molecular formula is C29H32N4O3. The molecule has 4 aromatic rings. The Bertz CT molecular complexity index is 1310. The summed E-state index contributed by atoms with van der Waals surface area (Å²) >= 11 is 0. The zero-order valence-electron chi connectivity index (χ0n) is 20.8. The highest BCUT2D eigenvalue weighted by molar-refractivity contribution is 5.93. The van der Waals surface area contributed by atoms with Crippen LogP contribution in [0.2, 0.25) is 0 Å². The zero-order valence-corrected chi connectivity index (χ0v) is 20.8. The first-order chi connectivity index (χ1) is 17.7. The van der Waals surface area contributed by atoms with Crippen LogP contribution in [0.5, 0.6) is 11.5 Å². The van der Waals surface area contributed by atoms with Crippen LogP contribution in [0.25, 0.3) is 17.1 Å². The molecule has 36 heavy (non-hydrogen) atoms. The van der Waals surface area contributed by atoms with Gasteiger partial charge in [-0.25, -0.2) is 4.98 Å². The predicted molar refractivity (Wildman–Crippen MR) is 142 cm³/mol. The van der Waals surface area contributed by atoms with Crippen molar-refractivity contribution in [3.05, 3.63) is 90.0 Å². The van der Waals surface area contributed by atoms with Gasteiger partial charge in [0.2, 0.25) is 0 Å². The van der Waals surface area contributed by atoms with E-state index in [1.54, 1.807) is 31.6 Å². The van der Waals surface area contributed by atoms with Gasteiger partial charge in [0, 0.05) is 31.9 Å². The lowest BCUT2D eigenvalue weighted by molar-refractivity contribution is 0.0952. The summed E-state index contributed by atoms with van der Waals surface area (Å²) < 4.78 is 13.8. The van der Waals surface area contributed by atoms with E-state index in [1.807, 2.05) is 55.5 Å². The number of pyridine rings is 1. The lowest BCUT2D eigenvalue weighted by Crippen LogP contribution is -2.25.